The minimum absolute atomic E-state index is 0.322. The summed E-state index contributed by atoms with van der Waals surface area (Å²) in [5, 5.41) is 12.1. The molecule has 1 rings (SSSR count). The lowest BCUT2D eigenvalue weighted by Crippen LogP contribution is -2.14. The van der Waals surface area contributed by atoms with Crippen LogP contribution in [0.1, 0.15) is 39.2 Å². The fourth-order valence-electron chi connectivity index (χ4n) is 1.86. The van der Waals surface area contributed by atoms with Gasteiger partial charge in [-0.1, -0.05) is 19.1 Å². The van der Waals surface area contributed by atoms with Crippen LogP contribution in [0.15, 0.2) is 18.2 Å². The Bertz CT molecular complexity index is 466. The van der Waals surface area contributed by atoms with Crippen LogP contribution in [0, 0.1) is 22.6 Å². The summed E-state index contributed by atoms with van der Waals surface area (Å²) in [5.74, 6) is -0.0110. The summed E-state index contributed by atoms with van der Waals surface area (Å²) in [6.45, 7) is 7.63. The van der Waals surface area contributed by atoms with Crippen LogP contribution in [-0.4, -0.2) is 13.2 Å². The first-order chi connectivity index (χ1) is 9.50. The highest BCUT2D eigenvalue weighted by Crippen LogP contribution is 2.24. The Kier molecular flexibility index (Phi) is 6.47. The molecule has 0 bridgehead atoms. The Morgan fingerprint density at radius 3 is 2.80 bits per heavy atom. The fraction of sp³-hybridized carbons (Fsp3) is 0.562. The van der Waals surface area contributed by atoms with Gasteiger partial charge in [0.25, 0.3) is 0 Å². The summed E-state index contributed by atoms with van der Waals surface area (Å²) in [5.41, 5.74) is 0.469. The van der Waals surface area contributed by atoms with E-state index in [2.05, 4.69) is 11.4 Å². The summed E-state index contributed by atoms with van der Waals surface area (Å²) in [7, 11) is 0. The van der Waals surface area contributed by atoms with E-state index in [1.165, 1.54) is 6.07 Å². The second-order valence-corrected chi connectivity index (χ2v) is 5.46. The number of hydrogen-bond acceptors (Lipinski definition) is 3. The Morgan fingerprint density at radius 2 is 2.15 bits per heavy atom. The summed E-state index contributed by atoms with van der Waals surface area (Å²) in [6, 6.07) is 7.21. The van der Waals surface area contributed by atoms with Crippen molar-refractivity contribution in [3.05, 3.63) is 29.6 Å². The van der Waals surface area contributed by atoms with Crippen molar-refractivity contribution >= 4 is 0 Å². The van der Waals surface area contributed by atoms with Crippen LogP contribution in [0.5, 0.6) is 5.75 Å². The van der Waals surface area contributed by atoms with E-state index in [4.69, 9.17) is 10.00 Å². The van der Waals surface area contributed by atoms with Crippen molar-refractivity contribution in [2.75, 3.05) is 13.2 Å². The molecule has 0 saturated carbocycles. The van der Waals surface area contributed by atoms with Crippen LogP contribution in [-0.2, 0) is 6.54 Å². The molecule has 0 aliphatic heterocycles. The minimum Gasteiger partial charge on any atom is -0.490 e. The summed E-state index contributed by atoms with van der Waals surface area (Å²) in [6.07, 6.45) is 1.47. The van der Waals surface area contributed by atoms with Crippen molar-refractivity contribution in [1.82, 2.24) is 5.32 Å². The van der Waals surface area contributed by atoms with Gasteiger partial charge >= 0.3 is 0 Å². The van der Waals surface area contributed by atoms with Gasteiger partial charge < -0.3 is 10.1 Å². The van der Waals surface area contributed by atoms with Crippen molar-refractivity contribution in [3.8, 4) is 11.8 Å². The number of nitrogens with zero attached hydrogens (tertiary/aromatic N) is 1. The zero-order valence-electron chi connectivity index (χ0n) is 12.5. The van der Waals surface area contributed by atoms with E-state index in [-0.39, 0.29) is 11.2 Å². The number of para-hydroxylation sites is 1. The number of halogens is 1. The molecule has 0 heterocycles. The molecule has 0 aliphatic carbocycles. The molecule has 20 heavy (non-hydrogen) atoms. The Balaban J connectivity index is 2.57. The first-order valence-electron chi connectivity index (χ1n) is 7.02. The third-order valence-corrected chi connectivity index (χ3v) is 3.11. The van der Waals surface area contributed by atoms with Crippen LogP contribution in [0.2, 0.25) is 0 Å². The van der Waals surface area contributed by atoms with Crippen LogP contribution in [0.3, 0.4) is 0 Å². The van der Waals surface area contributed by atoms with E-state index in [0.717, 1.165) is 24.9 Å². The number of nitrogens with one attached hydrogen (secondary N) is 1. The van der Waals surface area contributed by atoms with Gasteiger partial charge in [0.2, 0.25) is 0 Å². The maximum atomic E-state index is 13.8. The van der Waals surface area contributed by atoms with Crippen LogP contribution >= 0.6 is 0 Å². The van der Waals surface area contributed by atoms with Gasteiger partial charge in [-0.2, -0.15) is 5.26 Å². The highest BCUT2D eigenvalue weighted by Gasteiger charge is 2.16. The second kappa shape index (κ2) is 7.86. The minimum atomic E-state index is -0.356. The molecule has 110 valence electrons. The number of rotatable bonds is 8. The number of ether oxygens (including phenoxy) is 1. The molecule has 0 radical (unpaired) electrons. The predicted molar refractivity (Wildman–Crippen MR) is 77.9 cm³/mol. The van der Waals surface area contributed by atoms with Crippen molar-refractivity contribution < 1.29 is 9.13 Å². The molecule has 1 N–H and O–H groups in total. The van der Waals surface area contributed by atoms with Crippen LogP contribution in [0.25, 0.3) is 0 Å². The summed E-state index contributed by atoms with van der Waals surface area (Å²) in [4.78, 5) is 0. The molecule has 0 aliphatic rings. The number of hydrogen-bond donors (Lipinski definition) is 1. The first-order valence-corrected chi connectivity index (χ1v) is 7.02. The monoisotopic (exact) mass is 278 g/mol. The van der Waals surface area contributed by atoms with Crippen molar-refractivity contribution in [3.63, 3.8) is 0 Å². The largest absolute Gasteiger partial charge is 0.490 e. The van der Waals surface area contributed by atoms with Gasteiger partial charge in [0.15, 0.2) is 11.6 Å². The van der Waals surface area contributed by atoms with E-state index in [0.29, 0.717) is 18.9 Å². The standard InChI is InChI=1S/C16H23FN2O/c1-4-19-11-13-7-5-8-14(17)15(13)20-10-6-9-16(2,3)12-18/h5,7-8,19H,4,6,9-11H2,1-3H3. The Morgan fingerprint density at radius 1 is 1.40 bits per heavy atom. The van der Waals surface area contributed by atoms with E-state index in [1.807, 2.05) is 26.8 Å². The fourth-order valence-corrected chi connectivity index (χ4v) is 1.86. The number of nitriles is 1. The van der Waals surface area contributed by atoms with Crippen molar-refractivity contribution in [1.29, 1.82) is 5.26 Å². The molecular weight excluding hydrogens is 255 g/mol. The lowest BCUT2D eigenvalue weighted by molar-refractivity contribution is 0.270. The van der Waals surface area contributed by atoms with Gasteiger partial charge in [-0.05, 0) is 39.3 Å². The van der Waals surface area contributed by atoms with Gasteiger partial charge in [0.05, 0.1) is 18.1 Å². The van der Waals surface area contributed by atoms with Crippen molar-refractivity contribution in [2.24, 2.45) is 5.41 Å². The Hall–Kier alpha value is -1.60. The quantitative estimate of drug-likeness (QED) is 0.738. The van der Waals surface area contributed by atoms with E-state index in [1.54, 1.807) is 6.07 Å². The van der Waals surface area contributed by atoms with Crippen molar-refractivity contribution in [2.45, 2.75) is 40.2 Å². The molecular formula is C16H23FN2O. The van der Waals surface area contributed by atoms with E-state index >= 15 is 0 Å². The molecule has 0 unspecified atom stereocenters. The molecule has 0 amide bonds. The SMILES string of the molecule is CCNCc1cccc(F)c1OCCCC(C)(C)C#N. The molecule has 4 heteroatoms. The van der Waals surface area contributed by atoms with Gasteiger partial charge in [0.1, 0.15) is 0 Å². The van der Waals surface area contributed by atoms with Crippen LogP contribution in [0.4, 0.5) is 4.39 Å². The zero-order chi connectivity index (χ0) is 15.0. The van der Waals surface area contributed by atoms with Gasteiger partial charge in [0, 0.05) is 12.1 Å². The predicted octanol–water partition coefficient (Wildman–Crippen LogP) is 3.64. The normalized spacial score (nSPS) is 11.2. The smallest absolute Gasteiger partial charge is 0.165 e. The first kappa shape index (κ1) is 16.5. The average Bonchev–Trinajstić information content (AvgIpc) is 2.43. The highest BCUT2D eigenvalue weighted by molar-refractivity contribution is 5.34. The lowest BCUT2D eigenvalue weighted by atomic mass is 9.90. The summed E-state index contributed by atoms with van der Waals surface area (Å²) < 4.78 is 19.4. The van der Waals surface area contributed by atoms with Gasteiger partial charge in [-0.15, -0.1) is 0 Å². The second-order valence-electron chi connectivity index (χ2n) is 5.46. The maximum absolute atomic E-state index is 13.8. The summed E-state index contributed by atoms with van der Waals surface area (Å²) >= 11 is 0. The molecule has 0 fully saturated rings. The number of benzene rings is 1. The third kappa shape index (κ3) is 5.18. The Labute approximate surface area is 120 Å². The average molecular weight is 278 g/mol. The third-order valence-electron chi connectivity index (χ3n) is 3.11. The van der Waals surface area contributed by atoms with Gasteiger partial charge in [-0.3, -0.25) is 0 Å². The molecule has 0 saturated heterocycles. The van der Waals surface area contributed by atoms with Crippen LogP contribution < -0.4 is 10.1 Å². The molecule has 1 aromatic rings. The van der Waals surface area contributed by atoms with E-state index < -0.39 is 0 Å². The zero-order valence-corrected chi connectivity index (χ0v) is 12.5. The maximum Gasteiger partial charge on any atom is 0.165 e. The van der Waals surface area contributed by atoms with Gasteiger partial charge in [-0.25, -0.2) is 4.39 Å². The topological polar surface area (TPSA) is 45.0 Å². The highest BCUT2D eigenvalue weighted by atomic mass is 19.1. The molecule has 0 atom stereocenters. The molecule has 0 aromatic heterocycles. The molecule has 1 aromatic carbocycles. The van der Waals surface area contributed by atoms with E-state index in [9.17, 15) is 4.39 Å². The lowest BCUT2D eigenvalue weighted by Gasteiger charge is -2.16. The molecule has 0 spiro atoms. The molecule has 3 nitrogen and oxygen atoms in total.